The van der Waals surface area contributed by atoms with Gasteiger partial charge in [-0.25, -0.2) is 8.42 Å². The molecule has 19 heavy (non-hydrogen) atoms. The second-order valence-electron chi connectivity index (χ2n) is 4.16. The molecule has 0 N–H and O–H groups in total. The highest BCUT2D eigenvalue weighted by molar-refractivity contribution is 7.91. The number of Topliss-reactive ketones (excluding diaryl/α,β-unsaturated/α-hetero) is 1. The van der Waals surface area contributed by atoms with Crippen LogP contribution in [0.15, 0.2) is 18.2 Å². The Morgan fingerprint density at radius 1 is 1.26 bits per heavy atom. The van der Waals surface area contributed by atoms with Crippen molar-refractivity contribution in [2.24, 2.45) is 0 Å². The van der Waals surface area contributed by atoms with Gasteiger partial charge in [0, 0.05) is 12.3 Å². The molecule has 1 amide bonds. The predicted octanol–water partition coefficient (Wildman–Crippen LogP) is 1.30. The zero-order valence-corrected chi connectivity index (χ0v) is 11.8. The molecule has 0 fully saturated rings. The predicted molar refractivity (Wildman–Crippen MR) is 72.5 cm³/mol. The Morgan fingerprint density at radius 3 is 2.58 bits per heavy atom. The molecular weight excluding hydrogens is 290 g/mol. The van der Waals surface area contributed by atoms with Gasteiger partial charge in [-0.2, -0.15) is 0 Å². The third kappa shape index (κ3) is 2.50. The van der Waals surface area contributed by atoms with Crippen molar-refractivity contribution in [3.05, 3.63) is 28.8 Å². The highest BCUT2D eigenvalue weighted by Gasteiger charge is 2.37. The number of carbonyl (C=O) groups is 2. The Morgan fingerprint density at radius 2 is 1.95 bits per heavy atom. The number of para-hydroxylation sites is 1. The summed E-state index contributed by atoms with van der Waals surface area (Å²) in [7, 11) is -3.21. The van der Waals surface area contributed by atoms with Crippen LogP contribution in [0.3, 0.4) is 0 Å². The standard InChI is InChI=1S/C12H12ClNO4S/c1-2-19(17,18)7-6-14-10-8(11(15)12(14)16)4-3-5-9(10)13/h3-5H,2,6-7H2,1H3. The topological polar surface area (TPSA) is 71.5 Å². The molecule has 2 rings (SSSR count). The largest absolute Gasteiger partial charge is 0.302 e. The van der Waals surface area contributed by atoms with Crippen LogP contribution in [0, 0.1) is 0 Å². The van der Waals surface area contributed by atoms with Gasteiger partial charge in [0.25, 0.3) is 11.7 Å². The van der Waals surface area contributed by atoms with Gasteiger partial charge in [0.05, 0.1) is 22.0 Å². The van der Waals surface area contributed by atoms with Gasteiger partial charge in [-0.05, 0) is 12.1 Å². The molecule has 1 aromatic rings. The van der Waals surface area contributed by atoms with Gasteiger partial charge in [-0.3, -0.25) is 9.59 Å². The van der Waals surface area contributed by atoms with E-state index in [1.807, 2.05) is 0 Å². The molecule has 1 aromatic carbocycles. The van der Waals surface area contributed by atoms with Crippen LogP contribution < -0.4 is 4.90 Å². The van der Waals surface area contributed by atoms with Crippen molar-refractivity contribution in [1.29, 1.82) is 0 Å². The summed E-state index contributed by atoms with van der Waals surface area (Å²) in [5.41, 5.74) is 0.539. The zero-order valence-electron chi connectivity index (χ0n) is 10.2. The molecule has 1 aliphatic heterocycles. The smallest absolute Gasteiger partial charge is 0.299 e. The average Bonchev–Trinajstić information content (AvgIpc) is 2.62. The zero-order chi connectivity index (χ0) is 14.2. The second-order valence-corrected chi connectivity index (χ2v) is 7.04. The first-order chi connectivity index (χ1) is 8.87. The molecule has 0 aliphatic carbocycles. The summed E-state index contributed by atoms with van der Waals surface area (Å²) >= 11 is 5.98. The first kappa shape index (κ1) is 14.0. The van der Waals surface area contributed by atoms with Gasteiger partial charge in [0.15, 0.2) is 9.84 Å². The maximum Gasteiger partial charge on any atom is 0.299 e. The molecule has 0 unspecified atom stereocenters. The second kappa shape index (κ2) is 4.94. The lowest BCUT2D eigenvalue weighted by molar-refractivity contribution is -0.114. The molecule has 102 valence electrons. The van der Waals surface area contributed by atoms with Crippen LogP contribution in [0.4, 0.5) is 5.69 Å². The summed E-state index contributed by atoms with van der Waals surface area (Å²) in [5, 5.41) is 0.269. The highest BCUT2D eigenvalue weighted by Crippen LogP contribution is 2.35. The maximum atomic E-state index is 11.8. The minimum atomic E-state index is -3.21. The summed E-state index contributed by atoms with van der Waals surface area (Å²) in [4.78, 5) is 24.7. The minimum absolute atomic E-state index is 0.00163. The van der Waals surface area contributed by atoms with Crippen molar-refractivity contribution in [2.75, 3.05) is 23.0 Å². The molecule has 7 heteroatoms. The Balaban J connectivity index is 2.34. The molecular formula is C12H12ClNO4S. The number of sulfone groups is 1. The lowest BCUT2D eigenvalue weighted by atomic mass is 10.1. The number of halogens is 1. The van der Waals surface area contributed by atoms with Gasteiger partial charge in [-0.1, -0.05) is 24.6 Å². The van der Waals surface area contributed by atoms with Crippen LogP contribution in [0.5, 0.6) is 0 Å². The van der Waals surface area contributed by atoms with Crippen LogP contribution in [-0.4, -0.2) is 38.2 Å². The molecule has 5 nitrogen and oxygen atoms in total. The van der Waals surface area contributed by atoms with Crippen molar-refractivity contribution in [2.45, 2.75) is 6.92 Å². The Hall–Kier alpha value is -1.40. The third-order valence-electron chi connectivity index (χ3n) is 3.01. The molecule has 1 aliphatic rings. The van der Waals surface area contributed by atoms with Crippen LogP contribution >= 0.6 is 11.6 Å². The van der Waals surface area contributed by atoms with E-state index in [0.717, 1.165) is 4.90 Å². The molecule has 0 saturated carbocycles. The van der Waals surface area contributed by atoms with Gasteiger partial charge in [-0.15, -0.1) is 0 Å². The summed E-state index contributed by atoms with van der Waals surface area (Å²) in [6.45, 7) is 1.48. The van der Waals surface area contributed by atoms with E-state index >= 15 is 0 Å². The van der Waals surface area contributed by atoms with Crippen molar-refractivity contribution in [1.82, 2.24) is 0 Å². The monoisotopic (exact) mass is 301 g/mol. The van der Waals surface area contributed by atoms with Crippen molar-refractivity contribution in [3.63, 3.8) is 0 Å². The molecule has 0 bridgehead atoms. The van der Waals surface area contributed by atoms with Gasteiger partial charge < -0.3 is 4.90 Å². The number of fused-ring (bicyclic) bond motifs is 1. The van der Waals surface area contributed by atoms with Crippen molar-refractivity contribution in [3.8, 4) is 0 Å². The van der Waals surface area contributed by atoms with E-state index in [4.69, 9.17) is 11.6 Å². The van der Waals surface area contributed by atoms with E-state index in [-0.39, 0.29) is 28.6 Å². The van der Waals surface area contributed by atoms with E-state index in [0.29, 0.717) is 5.69 Å². The SMILES string of the molecule is CCS(=O)(=O)CCN1C(=O)C(=O)c2cccc(Cl)c21. The molecule has 0 radical (unpaired) electrons. The van der Waals surface area contributed by atoms with Gasteiger partial charge >= 0.3 is 0 Å². The van der Waals surface area contributed by atoms with E-state index in [1.165, 1.54) is 13.0 Å². The Bertz CT molecular complexity index is 654. The van der Waals surface area contributed by atoms with Gasteiger partial charge in [0.1, 0.15) is 0 Å². The Labute approximate surface area is 116 Å². The lowest BCUT2D eigenvalue weighted by Gasteiger charge is -2.17. The number of anilines is 1. The summed E-state index contributed by atoms with van der Waals surface area (Å²) < 4.78 is 23.0. The van der Waals surface area contributed by atoms with E-state index in [9.17, 15) is 18.0 Å². The quantitative estimate of drug-likeness (QED) is 0.786. The van der Waals surface area contributed by atoms with E-state index in [1.54, 1.807) is 12.1 Å². The fourth-order valence-electron chi connectivity index (χ4n) is 1.90. The van der Waals surface area contributed by atoms with Crippen LogP contribution in [-0.2, 0) is 14.6 Å². The van der Waals surface area contributed by atoms with Gasteiger partial charge in [0.2, 0.25) is 0 Å². The normalized spacial score (nSPS) is 14.9. The molecule has 0 atom stereocenters. The number of carbonyl (C=O) groups excluding carboxylic acids is 2. The van der Waals surface area contributed by atoms with E-state index < -0.39 is 21.5 Å². The van der Waals surface area contributed by atoms with Crippen molar-refractivity contribution < 1.29 is 18.0 Å². The number of amides is 1. The summed E-state index contributed by atoms with van der Waals surface area (Å²) in [5.74, 6) is -1.56. The summed E-state index contributed by atoms with van der Waals surface area (Å²) in [6, 6.07) is 4.65. The fourth-order valence-corrected chi connectivity index (χ4v) is 2.93. The first-order valence-electron chi connectivity index (χ1n) is 5.72. The van der Waals surface area contributed by atoms with Crippen LogP contribution in [0.2, 0.25) is 5.02 Å². The number of rotatable bonds is 4. The molecule has 1 heterocycles. The average molecular weight is 302 g/mol. The third-order valence-corrected chi connectivity index (χ3v) is 5.00. The first-order valence-corrected chi connectivity index (χ1v) is 7.92. The molecule has 0 spiro atoms. The number of nitrogens with zero attached hydrogens (tertiary/aromatic N) is 1. The molecule has 0 aromatic heterocycles. The maximum absolute atomic E-state index is 11.8. The number of hydrogen-bond acceptors (Lipinski definition) is 4. The van der Waals surface area contributed by atoms with Crippen LogP contribution in [0.25, 0.3) is 0 Å². The highest BCUT2D eigenvalue weighted by atomic mass is 35.5. The number of benzene rings is 1. The summed E-state index contributed by atoms with van der Waals surface area (Å²) in [6.07, 6.45) is 0. The minimum Gasteiger partial charge on any atom is -0.302 e. The molecule has 0 saturated heterocycles. The number of ketones is 1. The van der Waals surface area contributed by atoms with E-state index in [2.05, 4.69) is 0 Å². The number of hydrogen-bond donors (Lipinski definition) is 0. The Kier molecular flexibility index (Phi) is 3.64. The van der Waals surface area contributed by atoms with Crippen LogP contribution in [0.1, 0.15) is 17.3 Å². The fraction of sp³-hybridized carbons (Fsp3) is 0.333. The lowest BCUT2D eigenvalue weighted by Crippen LogP contribution is -2.34. The van der Waals surface area contributed by atoms with Crippen molar-refractivity contribution >= 4 is 38.8 Å².